The van der Waals surface area contributed by atoms with Crippen molar-refractivity contribution < 1.29 is 4.79 Å². The Hall–Kier alpha value is -1.29. The van der Waals surface area contributed by atoms with Gasteiger partial charge in [0.05, 0.1) is 0 Å². The first-order chi connectivity index (χ1) is 9.78. The topological polar surface area (TPSA) is 42.0 Å². The zero-order valence-electron chi connectivity index (χ0n) is 11.9. The number of hydrogen-bond donors (Lipinski definition) is 1. The van der Waals surface area contributed by atoms with E-state index in [2.05, 4.69) is 17.2 Å². The number of nitrogens with one attached hydrogen (secondary N) is 1. The van der Waals surface area contributed by atoms with Gasteiger partial charge in [0.15, 0.2) is 0 Å². The van der Waals surface area contributed by atoms with Gasteiger partial charge in [-0.3, -0.25) is 9.78 Å². The van der Waals surface area contributed by atoms with E-state index in [9.17, 15) is 4.79 Å². The number of hydrogen-bond acceptors (Lipinski definition) is 3. The van der Waals surface area contributed by atoms with Crippen LogP contribution >= 0.6 is 11.8 Å². The normalized spacial score (nSPS) is 22.9. The maximum absolute atomic E-state index is 11.9. The van der Waals surface area contributed by atoms with Gasteiger partial charge in [0.1, 0.15) is 0 Å². The summed E-state index contributed by atoms with van der Waals surface area (Å²) in [7, 11) is 0. The lowest BCUT2D eigenvalue weighted by molar-refractivity contribution is -0.117. The largest absolute Gasteiger partial charge is 0.350 e. The fourth-order valence-electron chi connectivity index (χ4n) is 2.56. The van der Waals surface area contributed by atoms with E-state index in [1.807, 2.05) is 30.0 Å². The zero-order chi connectivity index (χ0) is 14.2. The van der Waals surface area contributed by atoms with Crippen molar-refractivity contribution in [2.24, 2.45) is 0 Å². The molecule has 1 aromatic rings. The molecule has 1 heterocycles. The number of carbonyl (C=O) groups is 1. The van der Waals surface area contributed by atoms with Crippen LogP contribution in [0.25, 0.3) is 6.08 Å². The predicted molar refractivity (Wildman–Crippen MR) is 85.6 cm³/mol. The maximum atomic E-state index is 11.9. The van der Waals surface area contributed by atoms with Gasteiger partial charge in [0.2, 0.25) is 5.91 Å². The van der Waals surface area contributed by atoms with Crippen LogP contribution < -0.4 is 5.32 Å². The highest BCUT2D eigenvalue weighted by atomic mass is 32.2. The van der Waals surface area contributed by atoms with Gasteiger partial charge in [-0.1, -0.05) is 19.4 Å². The average molecular weight is 290 g/mol. The molecule has 0 spiro atoms. The summed E-state index contributed by atoms with van der Waals surface area (Å²) in [4.78, 5) is 15.9. The van der Waals surface area contributed by atoms with Crippen LogP contribution in [0, 0.1) is 0 Å². The summed E-state index contributed by atoms with van der Waals surface area (Å²) in [5.41, 5.74) is 0.950. The van der Waals surface area contributed by atoms with E-state index in [0.717, 1.165) is 24.2 Å². The van der Waals surface area contributed by atoms with Gasteiger partial charge < -0.3 is 5.32 Å². The SMILES string of the molecule is CCS[C@H]1CCC[C@@H](NC(=O)/C=C/c2cccnc2)C1. The molecule has 1 N–H and O–H groups in total. The molecule has 0 saturated heterocycles. The molecule has 1 aliphatic rings. The molecule has 2 rings (SSSR count). The van der Waals surface area contributed by atoms with Crippen LogP contribution in [-0.4, -0.2) is 27.9 Å². The number of amides is 1. The number of pyridine rings is 1. The monoisotopic (exact) mass is 290 g/mol. The second-order valence-electron chi connectivity index (χ2n) is 5.07. The van der Waals surface area contributed by atoms with Crippen LogP contribution in [0.1, 0.15) is 38.2 Å². The fourth-order valence-corrected chi connectivity index (χ4v) is 3.73. The van der Waals surface area contributed by atoms with Crippen LogP contribution in [0.3, 0.4) is 0 Å². The molecule has 0 bridgehead atoms. The van der Waals surface area contributed by atoms with Crippen molar-refractivity contribution in [1.82, 2.24) is 10.3 Å². The lowest BCUT2D eigenvalue weighted by atomic mass is 9.95. The molecule has 1 fully saturated rings. The Kier molecular flexibility index (Phi) is 6.12. The van der Waals surface area contributed by atoms with Crippen LogP contribution in [-0.2, 0) is 4.79 Å². The Labute approximate surface area is 125 Å². The minimum Gasteiger partial charge on any atom is -0.350 e. The van der Waals surface area contributed by atoms with Gasteiger partial charge in [-0.25, -0.2) is 0 Å². The van der Waals surface area contributed by atoms with E-state index >= 15 is 0 Å². The van der Waals surface area contributed by atoms with Gasteiger partial charge >= 0.3 is 0 Å². The second-order valence-corrected chi connectivity index (χ2v) is 6.65. The van der Waals surface area contributed by atoms with Gasteiger partial charge in [-0.15, -0.1) is 0 Å². The summed E-state index contributed by atoms with van der Waals surface area (Å²) in [6.07, 6.45) is 11.6. The molecule has 20 heavy (non-hydrogen) atoms. The Morgan fingerprint density at radius 3 is 3.20 bits per heavy atom. The van der Waals surface area contributed by atoms with E-state index in [1.54, 1.807) is 18.5 Å². The van der Waals surface area contributed by atoms with Crippen LogP contribution in [0.2, 0.25) is 0 Å². The number of thioether (sulfide) groups is 1. The molecule has 0 aliphatic heterocycles. The Morgan fingerprint density at radius 1 is 1.55 bits per heavy atom. The van der Waals surface area contributed by atoms with Crippen molar-refractivity contribution in [3.05, 3.63) is 36.2 Å². The number of carbonyl (C=O) groups excluding carboxylic acids is 1. The first kappa shape index (κ1) is 15.1. The van der Waals surface area contributed by atoms with Crippen LogP contribution in [0.15, 0.2) is 30.6 Å². The van der Waals surface area contributed by atoms with Crippen LogP contribution in [0.4, 0.5) is 0 Å². The van der Waals surface area contributed by atoms with E-state index in [1.165, 1.54) is 12.8 Å². The Balaban J connectivity index is 1.80. The third-order valence-corrected chi connectivity index (χ3v) is 4.72. The van der Waals surface area contributed by atoms with Crippen LogP contribution in [0.5, 0.6) is 0 Å². The molecular formula is C16H22N2OS. The second kappa shape index (κ2) is 8.10. The molecule has 1 saturated carbocycles. The quantitative estimate of drug-likeness (QED) is 0.846. The molecule has 108 valence electrons. The van der Waals surface area contributed by atoms with Crippen molar-refractivity contribution in [3.63, 3.8) is 0 Å². The molecule has 0 unspecified atom stereocenters. The molecule has 0 radical (unpaired) electrons. The predicted octanol–water partition coefficient (Wildman–Crippen LogP) is 3.28. The first-order valence-electron chi connectivity index (χ1n) is 7.28. The third kappa shape index (κ3) is 5.00. The minimum absolute atomic E-state index is 0.000927. The standard InChI is InChI=1S/C16H22N2OS/c1-2-20-15-7-3-6-14(11-15)18-16(19)9-8-13-5-4-10-17-12-13/h4-5,8-10,12,14-15H,2-3,6-7,11H2,1H3,(H,18,19)/b9-8+/t14-,15+/m1/s1. The summed E-state index contributed by atoms with van der Waals surface area (Å²) in [5, 5.41) is 3.83. The van der Waals surface area contributed by atoms with Crippen molar-refractivity contribution >= 4 is 23.7 Å². The fraction of sp³-hybridized carbons (Fsp3) is 0.500. The minimum atomic E-state index is 0.000927. The smallest absolute Gasteiger partial charge is 0.244 e. The molecule has 1 aliphatic carbocycles. The lowest BCUT2D eigenvalue weighted by Crippen LogP contribution is -2.38. The van der Waals surface area contributed by atoms with Crippen molar-refractivity contribution in [2.75, 3.05) is 5.75 Å². The lowest BCUT2D eigenvalue weighted by Gasteiger charge is -2.28. The number of nitrogens with zero attached hydrogens (tertiary/aromatic N) is 1. The van der Waals surface area contributed by atoms with Gasteiger partial charge in [0.25, 0.3) is 0 Å². The summed E-state index contributed by atoms with van der Waals surface area (Å²) in [5.74, 6) is 1.16. The highest BCUT2D eigenvalue weighted by molar-refractivity contribution is 7.99. The first-order valence-corrected chi connectivity index (χ1v) is 8.33. The maximum Gasteiger partial charge on any atom is 0.244 e. The van der Waals surface area contributed by atoms with E-state index in [4.69, 9.17) is 0 Å². The van der Waals surface area contributed by atoms with Crippen molar-refractivity contribution in [3.8, 4) is 0 Å². The summed E-state index contributed by atoms with van der Waals surface area (Å²) >= 11 is 2.02. The highest BCUT2D eigenvalue weighted by Gasteiger charge is 2.22. The molecule has 1 amide bonds. The Bertz CT molecular complexity index is 445. The Morgan fingerprint density at radius 2 is 2.45 bits per heavy atom. The van der Waals surface area contributed by atoms with Crippen molar-refractivity contribution in [2.45, 2.75) is 43.9 Å². The van der Waals surface area contributed by atoms with Crippen molar-refractivity contribution in [1.29, 1.82) is 0 Å². The zero-order valence-corrected chi connectivity index (χ0v) is 12.7. The van der Waals surface area contributed by atoms with E-state index < -0.39 is 0 Å². The molecule has 1 aromatic heterocycles. The highest BCUT2D eigenvalue weighted by Crippen LogP contribution is 2.28. The molecule has 3 nitrogen and oxygen atoms in total. The van der Waals surface area contributed by atoms with E-state index in [-0.39, 0.29) is 5.91 Å². The number of rotatable bonds is 5. The van der Waals surface area contributed by atoms with E-state index in [0.29, 0.717) is 11.3 Å². The van der Waals surface area contributed by atoms with Gasteiger partial charge in [0, 0.05) is 29.8 Å². The average Bonchev–Trinajstić information content (AvgIpc) is 2.47. The summed E-state index contributed by atoms with van der Waals surface area (Å²) < 4.78 is 0. The molecule has 2 atom stereocenters. The summed E-state index contributed by atoms with van der Waals surface area (Å²) in [6, 6.07) is 4.13. The molecule has 4 heteroatoms. The summed E-state index contributed by atoms with van der Waals surface area (Å²) in [6.45, 7) is 2.20. The third-order valence-electron chi connectivity index (χ3n) is 3.49. The molecule has 0 aromatic carbocycles. The van der Waals surface area contributed by atoms with Gasteiger partial charge in [-0.2, -0.15) is 11.8 Å². The number of aromatic nitrogens is 1. The molecular weight excluding hydrogens is 268 g/mol. The van der Waals surface area contributed by atoms with Gasteiger partial charge in [-0.05, 0) is 42.7 Å².